The standard InChI is InChI=1S/C24H24ClN3O6S2/c1-17(27-35(30,31)15-14-18-6-4-3-5-7-18)24(29)26-23-16-21(12-13-22(23)25)36(32,33)28-19-8-10-20(34-2)11-9-19/h3-17,27-28H,1-2H3,(H,26,29)/b15-14+/t17-/m0/s1. The van der Waals surface area contributed by atoms with Crippen LogP contribution in [0, 0.1) is 0 Å². The quantitative estimate of drug-likeness (QED) is 0.349. The maximum atomic E-state index is 12.8. The van der Waals surface area contributed by atoms with E-state index in [0.29, 0.717) is 17.0 Å². The van der Waals surface area contributed by atoms with E-state index in [1.165, 1.54) is 50.4 Å². The van der Waals surface area contributed by atoms with Gasteiger partial charge in [0, 0.05) is 11.1 Å². The molecule has 0 heterocycles. The lowest BCUT2D eigenvalue weighted by Crippen LogP contribution is -2.40. The number of carbonyl (C=O) groups excluding carboxylic acids is 1. The number of amides is 1. The second kappa shape index (κ2) is 11.6. The number of anilines is 2. The van der Waals surface area contributed by atoms with Crippen LogP contribution in [0.25, 0.3) is 6.08 Å². The Kier molecular flexibility index (Phi) is 8.75. The fraction of sp³-hybridized carbons (Fsp3) is 0.125. The molecule has 1 amide bonds. The minimum absolute atomic E-state index is 0.00477. The van der Waals surface area contributed by atoms with Gasteiger partial charge in [-0.15, -0.1) is 0 Å². The van der Waals surface area contributed by atoms with Crippen molar-refractivity contribution in [2.24, 2.45) is 0 Å². The lowest BCUT2D eigenvalue weighted by Gasteiger charge is -2.15. The summed E-state index contributed by atoms with van der Waals surface area (Å²) in [5, 5.41) is 3.50. The molecule has 0 aliphatic carbocycles. The highest BCUT2D eigenvalue weighted by molar-refractivity contribution is 7.93. The van der Waals surface area contributed by atoms with E-state index < -0.39 is 32.0 Å². The molecule has 12 heteroatoms. The largest absolute Gasteiger partial charge is 0.497 e. The fourth-order valence-electron chi connectivity index (χ4n) is 2.95. The van der Waals surface area contributed by atoms with Gasteiger partial charge in [0.2, 0.25) is 15.9 Å². The van der Waals surface area contributed by atoms with E-state index in [2.05, 4.69) is 14.8 Å². The number of halogens is 1. The molecule has 0 aromatic heterocycles. The molecule has 3 aromatic rings. The molecule has 0 aliphatic heterocycles. The topological polar surface area (TPSA) is 131 Å². The van der Waals surface area contributed by atoms with Gasteiger partial charge in [0.25, 0.3) is 10.0 Å². The SMILES string of the molecule is COc1ccc(NS(=O)(=O)c2ccc(Cl)c(NC(=O)[C@H](C)NS(=O)(=O)/C=C/c3ccccc3)c2)cc1. The zero-order valence-electron chi connectivity index (χ0n) is 19.3. The maximum absolute atomic E-state index is 12.8. The van der Waals surface area contributed by atoms with E-state index >= 15 is 0 Å². The van der Waals surface area contributed by atoms with E-state index in [9.17, 15) is 21.6 Å². The Hall–Kier alpha value is -3.38. The van der Waals surface area contributed by atoms with E-state index in [1.54, 1.807) is 42.5 Å². The highest BCUT2D eigenvalue weighted by atomic mass is 35.5. The van der Waals surface area contributed by atoms with Crippen LogP contribution < -0.4 is 19.5 Å². The summed E-state index contributed by atoms with van der Waals surface area (Å²) in [7, 11) is -6.45. The van der Waals surface area contributed by atoms with Gasteiger partial charge in [-0.25, -0.2) is 16.8 Å². The molecule has 0 saturated heterocycles. The molecule has 190 valence electrons. The number of nitrogens with one attached hydrogen (secondary N) is 3. The number of sulfonamides is 2. The number of benzene rings is 3. The zero-order valence-corrected chi connectivity index (χ0v) is 21.7. The molecule has 3 aromatic carbocycles. The molecule has 0 spiro atoms. The summed E-state index contributed by atoms with van der Waals surface area (Å²) in [4.78, 5) is 12.5. The van der Waals surface area contributed by atoms with E-state index in [-0.39, 0.29) is 15.6 Å². The lowest BCUT2D eigenvalue weighted by atomic mass is 10.2. The Bertz CT molecular complexity index is 1460. The molecule has 0 saturated carbocycles. The van der Waals surface area contributed by atoms with Crippen LogP contribution in [0.4, 0.5) is 11.4 Å². The van der Waals surface area contributed by atoms with Crippen LogP contribution in [0.5, 0.6) is 5.75 Å². The molecule has 9 nitrogen and oxygen atoms in total. The molecule has 0 bridgehead atoms. The zero-order chi connectivity index (χ0) is 26.3. The molecular weight excluding hydrogens is 526 g/mol. The third kappa shape index (κ3) is 7.56. The second-order valence-corrected chi connectivity index (χ2v) is 11.3. The summed E-state index contributed by atoms with van der Waals surface area (Å²) < 4.78 is 60.0. The van der Waals surface area contributed by atoms with Crippen LogP contribution >= 0.6 is 11.6 Å². The minimum Gasteiger partial charge on any atom is -0.497 e. The Balaban J connectivity index is 1.70. The first kappa shape index (κ1) is 27.2. The molecule has 0 aliphatic rings. The highest BCUT2D eigenvalue weighted by Crippen LogP contribution is 2.27. The first-order valence-electron chi connectivity index (χ1n) is 10.5. The minimum atomic E-state index is -4.01. The molecular formula is C24H24ClN3O6S2. The van der Waals surface area contributed by atoms with Crippen molar-refractivity contribution in [2.45, 2.75) is 17.9 Å². The number of methoxy groups -OCH3 is 1. The van der Waals surface area contributed by atoms with Crippen molar-refractivity contribution < 1.29 is 26.4 Å². The van der Waals surface area contributed by atoms with Crippen LogP contribution in [0.15, 0.2) is 83.1 Å². The van der Waals surface area contributed by atoms with Crippen molar-refractivity contribution in [1.29, 1.82) is 0 Å². The van der Waals surface area contributed by atoms with Crippen molar-refractivity contribution in [1.82, 2.24) is 4.72 Å². The van der Waals surface area contributed by atoms with Crippen LogP contribution in [-0.2, 0) is 24.8 Å². The van der Waals surface area contributed by atoms with Crippen molar-refractivity contribution in [3.05, 3.63) is 88.8 Å². The van der Waals surface area contributed by atoms with Crippen molar-refractivity contribution in [3.63, 3.8) is 0 Å². The summed E-state index contributed by atoms with van der Waals surface area (Å²) >= 11 is 6.15. The summed E-state index contributed by atoms with van der Waals surface area (Å²) in [6.07, 6.45) is 1.40. The van der Waals surface area contributed by atoms with Gasteiger partial charge in [-0.1, -0.05) is 41.9 Å². The van der Waals surface area contributed by atoms with Crippen molar-refractivity contribution in [2.75, 3.05) is 17.1 Å². The van der Waals surface area contributed by atoms with E-state index in [0.717, 1.165) is 5.41 Å². The first-order chi connectivity index (χ1) is 17.0. The Morgan fingerprint density at radius 1 is 0.972 bits per heavy atom. The monoisotopic (exact) mass is 549 g/mol. The third-order valence-corrected chi connectivity index (χ3v) is 7.71. The Morgan fingerprint density at radius 3 is 2.28 bits per heavy atom. The van der Waals surface area contributed by atoms with Crippen LogP contribution in [0.2, 0.25) is 5.02 Å². The van der Waals surface area contributed by atoms with Crippen LogP contribution in [0.1, 0.15) is 12.5 Å². The van der Waals surface area contributed by atoms with Gasteiger partial charge < -0.3 is 10.1 Å². The number of ether oxygens (including phenoxy) is 1. The lowest BCUT2D eigenvalue weighted by molar-refractivity contribution is -0.117. The second-order valence-electron chi connectivity index (χ2n) is 7.56. The molecule has 0 radical (unpaired) electrons. The molecule has 36 heavy (non-hydrogen) atoms. The van der Waals surface area contributed by atoms with Gasteiger partial charge in [0.05, 0.1) is 28.8 Å². The van der Waals surface area contributed by atoms with Gasteiger partial charge in [-0.2, -0.15) is 4.72 Å². The summed E-state index contributed by atoms with van der Waals surface area (Å²) in [6.45, 7) is 1.35. The summed E-state index contributed by atoms with van der Waals surface area (Å²) in [5.41, 5.74) is 0.987. The van der Waals surface area contributed by atoms with Crippen LogP contribution in [-0.4, -0.2) is 35.9 Å². The van der Waals surface area contributed by atoms with E-state index in [4.69, 9.17) is 16.3 Å². The number of rotatable bonds is 10. The molecule has 3 N–H and O–H groups in total. The number of carbonyl (C=O) groups is 1. The average Bonchev–Trinajstić information content (AvgIpc) is 2.84. The van der Waals surface area contributed by atoms with Gasteiger partial charge in [-0.05, 0) is 61.0 Å². The van der Waals surface area contributed by atoms with E-state index in [1.807, 2.05) is 0 Å². The van der Waals surface area contributed by atoms with Crippen molar-refractivity contribution in [3.8, 4) is 5.75 Å². The molecule has 1 atom stereocenters. The maximum Gasteiger partial charge on any atom is 0.261 e. The van der Waals surface area contributed by atoms with Gasteiger partial charge >= 0.3 is 0 Å². The van der Waals surface area contributed by atoms with Gasteiger partial charge in [0.15, 0.2) is 0 Å². The fourth-order valence-corrected chi connectivity index (χ4v) is 5.22. The predicted octanol–water partition coefficient (Wildman–Crippen LogP) is 4.07. The van der Waals surface area contributed by atoms with Crippen LogP contribution in [0.3, 0.4) is 0 Å². The smallest absolute Gasteiger partial charge is 0.261 e. The molecule has 0 unspecified atom stereocenters. The van der Waals surface area contributed by atoms with Gasteiger partial charge in [-0.3, -0.25) is 9.52 Å². The highest BCUT2D eigenvalue weighted by Gasteiger charge is 2.21. The summed E-state index contributed by atoms with van der Waals surface area (Å²) in [5.74, 6) is -0.166. The average molecular weight is 550 g/mol. The number of hydrogen-bond acceptors (Lipinski definition) is 6. The Morgan fingerprint density at radius 2 is 1.64 bits per heavy atom. The number of hydrogen-bond donors (Lipinski definition) is 3. The molecule has 3 rings (SSSR count). The normalized spacial score (nSPS) is 12.8. The first-order valence-corrected chi connectivity index (χ1v) is 13.9. The molecule has 0 fully saturated rings. The predicted molar refractivity (Wildman–Crippen MR) is 141 cm³/mol. The Labute approximate surface area is 215 Å². The third-order valence-electron chi connectivity index (χ3n) is 4.82. The van der Waals surface area contributed by atoms with Gasteiger partial charge in [0.1, 0.15) is 5.75 Å². The van der Waals surface area contributed by atoms with Crippen molar-refractivity contribution >= 4 is 55.0 Å². The summed E-state index contributed by atoms with van der Waals surface area (Å²) in [6, 6.07) is 17.7.